The predicted octanol–water partition coefficient (Wildman–Crippen LogP) is 27.1. The van der Waals surface area contributed by atoms with E-state index in [4.69, 9.17) is 31.3 Å². The van der Waals surface area contributed by atoms with E-state index in [0.717, 1.165) is 69.2 Å². The summed E-state index contributed by atoms with van der Waals surface area (Å²) >= 11 is 0. The minimum atomic E-state index is -0.0590. The highest BCUT2D eigenvalue weighted by Gasteiger charge is 2.33. The molecule has 21 nitrogen and oxygen atoms in total. The number of hydrogen-bond acceptors (Lipinski definition) is 19. The predicted molar refractivity (Wildman–Crippen MR) is 483 cm³/mol. The molecule has 9 heterocycles. The molecule has 0 saturated heterocycles. The highest BCUT2D eigenvalue weighted by molar-refractivity contribution is 5.24. The van der Waals surface area contributed by atoms with Gasteiger partial charge in [-0.3, -0.25) is 10.2 Å². The molecule has 0 radical (unpaired) electrons. The molecule has 9 aromatic heterocycles. The van der Waals surface area contributed by atoms with Gasteiger partial charge in [-0.05, 0) is 12.1 Å². The molecule has 0 atom stereocenters. The second-order valence-corrected chi connectivity index (χ2v) is 49.8. The second-order valence-electron chi connectivity index (χ2n) is 49.8. The minimum Gasteiger partial charge on any atom is -0.445 e. The van der Waals surface area contributed by atoms with E-state index in [1.165, 1.54) is 11.4 Å². The molecule has 666 valence electrons. The van der Waals surface area contributed by atoms with Gasteiger partial charge in [0, 0.05) is 121 Å². The molecule has 0 aliphatic carbocycles. The maximum atomic E-state index is 5.70. The van der Waals surface area contributed by atoms with Crippen molar-refractivity contribution in [2.75, 3.05) is 0 Å². The Hall–Kier alpha value is -7.32. The van der Waals surface area contributed by atoms with Crippen molar-refractivity contribution in [2.45, 2.75) is 471 Å². The van der Waals surface area contributed by atoms with Crippen LogP contribution in [0.1, 0.15) is 478 Å². The molecule has 0 saturated carbocycles. The molecule has 0 aliphatic rings. The van der Waals surface area contributed by atoms with Crippen LogP contribution in [0.3, 0.4) is 0 Å². The molecular weight excluding hydrogens is 1460 g/mol. The average Bonchev–Trinajstić information content (AvgIpc) is 1.76. The smallest absolute Gasteiger partial charge is 0.232 e. The van der Waals surface area contributed by atoms with E-state index in [9.17, 15) is 0 Å². The van der Waals surface area contributed by atoms with Gasteiger partial charge in [0.25, 0.3) is 0 Å². The summed E-state index contributed by atoms with van der Waals surface area (Å²) in [6.45, 7) is 114. The molecular formula is C96H170N14O7. The summed E-state index contributed by atoms with van der Waals surface area (Å²) in [6.07, 6.45) is 3.67. The molecule has 117 heavy (non-hydrogen) atoms. The largest absolute Gasteiger partial charge is 0.445 e. The van der Waals surface area contributed by atoms with Crippen LogP contribution in [0.2, 0.25) is 0 Å². The minimum absolute atomic E-state index is 0.00347. The maximum absolute atomic E-state index is 5.70. The van der Waals surface area contributed by atoms with Crippen molar-refractivity contribution in [1.29, 1.82) is 0 Å². The van der Waals surface area contributed by atoms with Crippen molar-refractivity contribution < 1.29 is 31.3 Å². The molecule has 9 rings (SSSR count). The molecule has 0 amide bonds. The number of nitrogens with zero attached hydrogens (tertiary/aromatic N) is 12. The van der Waals surface area contributed by atoms with Gasteiger partial charge >= 0.3 is 0 Å². The van der Waals surface area contributed by atoms with Crippen molar-refractivity contribution >= 4 is 0 Å². The Balaban J connectivity index is 0.000000658. The van der Waals surface area contributed by atoms with Crippen molar-refractivity contribution in [2.24, 2.45) is 0 Å². The normalized spacial score (nSPS) is 13.4. The SMILES string of the molecule is CC(C)(C)c1cc(C(C)(C)C)[nH]n1.CC(C)(C)c1cc(C(C)(C)C)[nH]n1.CC(C)(C)c1cc(C(C)(C)C)on1.CC(C)(C)c1cc(C(C)(C)C)on1.CC(C)(C)c1cnc(C(C)(C)C)o1.CC(C)(C)c1cnc(C(C)(C)C)o1.CC(C)(C)c1nnc(C(C)(C)C)o1.CC(C)(C)c1noc(C(C)(C)C)n1.CC(C)(C)c1noc(C(C)(C)C)n1. The summed E-state index contributed by atoms with van der Waals surface area (Å²) in [7, 11) is 0. The van der Waals surface area contributed by atoms with Crippen LogP contribution in [0.25, 0.3) is 0 Å². The van der Waals surface area contributed by atoms with Gasteiger partial charge in [0.15, 0.2) is 23.4 Å². The summed E-state index contributed by atoms with van der Waals surface area (Å²) in [4.78, 5) is 17.3. The number of aromatic amines is 2. The van der Waals surface area contributed by atoms with Gasteiger partial charge in [-0.15, -0.1) is 10.2 Å². The van der Waals surface area contributed by atoms with Crippen molar-refractivity contribution in [3.8, 4) is 0 Å². The van der Waals surface area contributed by atoms with E-state index in [2.05, 4.69) is 469 Å². The summed E-state index contributed by atoms with van der Waals surface area (Å²) in [5, 5.41) is 39.0. The zero-order chi connectivity index (χ0) is 92.5. The zero-order valence-corrected chi connectivity index (χ0v) is 84.7. The van der Waals surface area contributed by atoms with Crippen LogP contribution in [0, 0.1) is 0 Å². The van der Waals surface area contributed by atoms with Gasteiger partial charge in [-0.2, -0.15) is 20.2 Å². The standard InChI is InChI=1S/2C11H20N2.4C11H19NO.3C10H18N2O/c2*1-10(2,3)8-7-9(13-12-8)11(4,5)6;2*1-10(2,3)8-7-12-9(13-8)11(4,5)6;2*1-10(2,3)8-7-9(13-12-8)11(4,5)6;1-9(2,3)7-11-12-8(13-7)10(4,5)6;2*1-9(2,3)7-11-8(13-12-7)10(4,5)6/h2*7H,1-6H3,(H,12,13);4*7H,1-6H3;3*1-6H3. The zero-order valence-electron chi connectivity index (χ0n) is 84.7. The molecule has 9 aromatic rings. The number of H-pyrrole nitrogens is 2. The first kappa shape index (κ1) is 108. The monoisotopic (exact) mass is 1630 g/mol. The first-order valence-corrected chi connectivity index (χ1v) is 42.0. The van der Waals surface area contributed by atoms with E-state index in [1.807, 2.05) is 12.4 Å². The van der Waals surface area contributed by atoms with Gasteiger partial charge in [0.05, 0.1) is 35.2 Å². The van der Waals surface area contributed by atoms with Crippen LogP contribution in [-0.2, 0) is 97.5 Å². The van der Waals surface area contributed by atoms with Gasteiger partial charge in [0.1, 0.15) is 23.0 Å². The van der Waals surface area contributed by atoms with E-state index in [1.54, 1.807) is 0 Å². The molecule has 0 aliphatic heterocycles. The maximum Gasteiger partial charge on any atom is 0.232 e. The Morgan fingerprint density at radius 2 is 0.444 bits per heavy atom. The molecule has 0 spiro atoms. The first-order valence-electron chi connectivity index (χ1n) is 42.0. The third kappa shape index (κ3) is 37.5. The van der Waals surface area contributed by atoms with E-state index in [-0.39, 0.29) is 97.5 Å². The Bertz CT molecular complexity index is 3210. The number of nitrogens with one attached hydrogen (secondary N) is 2. The first-order chi connectivity index (χ1) is 51.4. The average molecular weight is 1630 g/mol. The van der Waals surface area contributed by atoms with E-state index < -0.39 is 0 Å². The van der Waals surface area contributed by atoms with Crippen LogP contribution in [0.5, 0.6) is 0 Å². The lowest BCUT2D eigenvalue weighted by Gasteiger charge is -2.16. The van der Waals surface area contributed by atoms with Crippen LogP contribution in [-0.4, -0.2) is 71.2 Å². The van der Waals surface area contributed by atoms with Gasteiger partial charge in [-0.25, -0.2) is 9.97 Å². The third-order valence-corrected chi connectivity index (χ3v) is 17.3. The van der Waals surface area contributed by atoms with Crippen LogP contribution in [0.15, 0.2) is 68.0 Å². The Kier molecular flexibility index (Phi) is 35.1. The molecule has 0 aromatic carbocycles. The fourth-order valence-electron chi connectivity index (χ4n) is 8.57. The van der Waals surface area contributed by atoms with Gasteiger partial charge in [-0.1, -0.05) is 395 Å². The summed E-state index contributed by atoms with van der Waals surface area (Å²) in [5.41, 5.74) is 7.40. The quantitative estimate of drug-likeness (QED) is 0.143. The van der Waals surface area contributed by atoms with Crippen LogP contribution in [0.4, 0.5) is 0 Å². The van der Waals surface area contributed by atoms with Crippen molar-refractivity contribution in [1.82, 2.24) is 71.2 Å². The Labute approximate surface area is 711 Å². The Morgan fingerprint density at radius 1 is 0.205 bits per heavy atom. The third-order valence-electron chi connectivity index (χ3n) is 17.3. The second kappa shape index (κ2) is 38.2. The fourth-order valence-corrected chi connectivity index (χ4v) is 8.57. The van der Waals surface area contributed by atoms with Gasteiger partial charge in [0.2, 0.25) is 23.6 Å². The van der Waals surface area contributed by atoms with Crippen LogP contribution >= 0.6 is 0 Å². The lowest BCUT2D eigenvalue weighted by atomic mass is 9.88. The summed E-state index contributed by atoms with van der Waals surface area (Å²) in [5.74, 6) is 9.83. The molecule has 21 heteroatoms. The molecule has 0 bridgehead atoms. The highest BCUT2D eigenvalue weighted by atomic mass is 16.5. The summed E-state index contributed by atoms with van der Waals surface area (Å²) < 4.78 is 38.0. The molecule has 0 fully saturated rings. The number of oxazole rings is 2. The van der Waals surface area contributed by atoms with Gasteiger partial charge < -0.3 is 31.3 Å². The topological polar surface area (TPSA) is 278 Å². The van der Waals surface area contributed by atoms with Crippen LogP contribution < -0.4 is 0 Å². The number of rotatable bonds is 0. The van der Waals surface area contributed by atoms with Crippen molar-refractivity contribution in [3.63, 3.8) is 0 Å². The number of aromatic nitrogens is 14. The Morgan fingerprint density at radius 3 is 0.564 bits per heavy atom. The molecule has 2 N–H and O–H groups in total. The van der Waals surface area contributed by atoms with E-state index >= 15 is 0 Å². The van der Waals surface area contributed by atoms with Crippen molar-refractivity contribution in [3.05, 3.63) is 141 Å². The summed E-state index contributed by atoms with van der Waals surface area (Å²) in [6, 6.07) is 8.44. The highest BCUT2D eigenvalue weighted by Crippen LogP contribution is 2.35. The lowest BCUT2D eigenvalue weighted by molar-refractivity contribution is 0.314. The lowest BCUT2D eigenvalue weighted by Crippen LogP contribution is -2.15. The fraction of sp³-hybridized carbons (Fsp3) is 0.750. The van der Waals surface area contributed by atoms with E-state index in [0.29, 0.717) is 23.6 Å². The number of hydrogen-bond donors (Lipinski definition) is 2. The molecule has 0 unspecified atom stereocenters.